The molecule has 2 unspecified atom stereocenters. The number of carboxylic acids is 1. The highest BCUT2D eigenvalue weighted by molar-refractivity contribution is 5.87. The van der Waals surface area contributed by atoms with E-state index in [1.165, 1.54) is 0 Å². The number of aliphatic hydroxyl groups is 1. The van der Waals surface area contributed by atoms with Crippen LogP contribution in [-0.2, 0) is 11.2 Å². The number of rotatable bonds is 14. The Morgan fingerprint density at radius 3 is 2.14 bits per heavy atom. The van der Waals surface area contributed by atoms with E-state index in [9.17, 15) is 14.7 Å². The van der Waals surface area contributed by atoms with E-state index < -0.39 is 5.97 Å². The zero-order chi connectivity index (χ0) is 21.2. The van der Waals surface area contributed by atoms with Gasteiger partial charge >= 0.3 is 5.97 Å². The van der Waals surface area contributed by atoms with Crippen molar-refractivity contribution in [3.8, 4) is 0 Å². The summed E-state index contributed by atoms with van der Waals surface area (Å²) in [6.07, 6.45) is 8.01. The van der Waals surface area contributed by atoms with Crippen molar-refractivity contribution >= 4 is 11.8 Å². The van der Waals surface area contributed by atoms with Crippen LogP contribution in [0.5, 0.6) is 0 Å². The van der Waals surface area contributed by atoms with Gasteiger partial charge in [-0.05, 0) is 68.6 Å². The van der Waals surface area contributed by atoms with E-state index >= 15 is 0 Å². The van der Waals surface area contributed by atoms with Crippen molar-refractivity contribution in [1.82, 2.24) is 0 Å². The van der Waals surface area contributed by atoms with Gasteiger partial charge in [0.25, 0.3) is 0 Å². The average Bonchev–Trinajstić information content (AvgIpc) is 2.65. The lowest BCUT2D eigenvalue weighted by molar-refractivity contribution is -0.121. The highest BCUT2D eigenvalue weighted by Gasteiger charge is 2.27. The van der Waals surface area contributed by atoms with E-state index in [1.807, 2.05) is 12.1 Å². The highest BCUT2D eigenvalue weighted by Crippen LogP contribution is 2.31. The minimum Gasteiger partial charge on any atom is -0.478 e. The smallest absolute Gasteiger partial charge is 0.335 e. The van der Waals surface area contributed by atoms with Crippen LogP contribution in [0.4, 0.5) is 0 Å². The predicted octanol–water partition coefficient (Wildman–Crippen LogP) is 5.66. The summed E-state index contributed by atoms with van der Waals surface area (Å²) in [5, 5.41) is 19.5. The molecule has 4 nitrogen and oxygen atoms in total. The molecule has 0 bridgehead atoms. The molecule has 2 atom stereocenters. The summed E-state index contributed by atoms with van der Waals surface area (Å²) in [5.74, 6) is -0.645. The first-order valence-electron chi connectivity index (χ1n) is 10.7. The topological polar surface area (TPSA) is 74.6 Å². The lowest BCUT2D eigenvalue weighted by atomic mass is 9.79. The monoisotopic (exact) mass is 390 g/mol. The van der Waals surface area contributed by atoms with Crippen molar-refractivity contribution in [3.63, 3.8) is 0 Å². The van der Waals surface area contributed by atoms with Crippen molar-refractivity contribution in [2.75, 3.05) is 0 Å². The van der Waals surface area contributed by atoms with Gasteiger partial charge in [-0.1, -0.05) is 52.2 Å². The number of carboxylic acid groups (broad SMARTS) is 1. The number of hydrogen-bond donors (Lipinski definition) is 2. The van der Waals surface area contributed by atoms with Gasteiger partial charge in [-0.3, -0.25) is 4.79 Å². The van der Waals surface area contributed by atoms with Crippen LogP contribution in [0, 0.1) is 11.3 Å². The minimum absolute atomic E-state index is 0.0456. The molecular weight excluding hydrogens is 352 g/mol. The second kappa shape index (κ2) is 12.0. The number of carbonyl (C=O) groups excluding carboxylic acids is 1. The van der Waals surface area contributed by atoms with Gasteiger partial charge in [-0.15, -0.1) is 0 Å². The lowest BCUT2D eigenvalue weighted by Gasteiger charge is -2.31. The molecule has 0 saturated heterocycles. The summed E-state index contributed by atoms with van der Waals surface area (Å²) in [6.45, 7) is 8.09. The summed E-state index contributed by atoms with van der Waals surface area (Å²) in [4.78, 5) is 22.9. The van der Waals surface area contributed by atoms with Gasteiger partial charge < -0.3 is 10.2 Å². The van der Waals surface area contributed by atoms with Crippen LogP contribution in [-0.4, -0.2) is 28.1 Å². The Morgan fingerprint density at radius 1 is 1.00 bits per heavy atom. The van der Waals surface area contributed by atoms with E-state index in [-0.39, 0.29) is 23.2 Å². The second-order valence-electron chi connectivity index (χ2n) is 8.74. The molecule has 0 aliphatic rings. The standard InChI is InChI=1S/C24H38O4/c1-5-6-17-24(3,4)22(26)12-8-11-20(18(2)25)10-7-9-19-13-15-21(16-14-19)23(27)28/h13-16,20,22,26H,5-12,17H2,1-4H3,(H,27,28). The summed E-state index contributed by atoms with van der Waals surface area (Å²) in [6, 6.07) is 6.95. The van der Waals surface area contributed by atoms with Crippen LogP contribution < -0.4 is 0 Å². The molecule has 1 aromatic rings. The van der Waals surface area contributed by atoms with Crippen LogP contribution in [0.3, 0.4) is 0 Å². The molecule has 0 heterocycles. The van der Waals surface area contributed by atoms with Gasteiger partial charge in [-0.25, -0.2) is 4.79 Å². The molecule has 0 amide bonds. The van der Waals surface area contributed by atoms with Crippen molar-refractivity contribution in [3.05, 3.63) is 35.4 Å². The normalized spacial score (nSPS) is 13.9. The molecule has 0 spiro atoms. The zero-order valence-electron chi connectivity index (χ0n) is 18.0. The quantitative estimate of drug-likeness (QED) is 0.430. The Kier molecular flexibility index (Phi) is 10.4. The third-order valence-corrected chi connectivity index (χ3v) is 5.90. The van der Waals surface area contributed by atoms with Gasteiger partial charge in [0.05, 0.1) is 11.7 Å². The SMILES string of the molecule is CCCCC(C)(C)C(O)CCCC(CCCc1ccc(C(=O)O)cc1)C(C)=O. The van der Waals surface area contributed by atoms with Crippen LogP contribution in [0.1, 0.15) is 95.0 Å². The third kappa shape index (κ3) is 8.55. The Balaban J connectivity index is 2.40. The Hall–Kier alpha value is -1.68. The first-order chi connectivity index (χ1) is 13.2. The first kappa shape index (κ1) is 24.4. The van der Waals surface area contributed by atoms with Crippen LogP contribution in [0.2, 0.25) is 0 Å². The van der Waals surface area contributed by atoms with Crippen LogP contribution >= 0.6 is 0 Å². The molecule has 0 aliphatic carbocycles. The Bertz CT molecular complexity index is 604. The number of Topliss-reactive ketones (excluding diaryl/α,β-unsaturated/α-hetero) is 1. The van der Waals surface area contributed by atoms with E-state index in [1.54, 1.807) is 19.1 Å². The Labute approximate surface area is 170 Å². The minimum atomic E-state index is -0.914. The van der Waals surface area contributed by atoms with E-state index in [2.05, 4.69) is 20.8 Å². The fourth-order valence-corrected chi connectivity index (χ4v) is 3.66. The lowest BCUT2D eigenvalue weighted by Crippen LogP contribution is -2.29. The van der Waals surface area contributed by atoms with Crippen molar-refractivity contribution < 1.29 is 19.8 Å². The molecule has 28 heavy (non-hydrogen) atoms. The maximum Gasteiger partial charge on any atom is 0.335 e. The van der Waals surface area contributed by atoms with Crippen molar-refractivity contribution in [2.24, 2.45) is 11.3 Å². The predicted molar refractivity (Wildman–Crippen MR) is 114 cm³/mol. The number of aromatic carboxylic acids is 1. The van der Waals surface area contributed by atoms with E-state index in [0.29, 0.717) is 5.56 Å². The summed E-state index contributed by atoms with van der Waals surface area (Å²) < 4.78 is 0. The number of aryl methyl sites for hydroxylation is 1. The second-order valence-corrected chi connectivity index (χ2v) is 8.74. The van der Waals surface area contributed by atoms with Crippen molar-refractivity contribution in [1.29, 1.82) is 0 Å². The largest absolute Gasteiger partial charge is 0.478 e. The highest BCUT2D eigenvalue weighted by atomic mass is 16.4. The molecule has 1 rings (SSSR count). The van der Waals surface area contributed by atoms with Gasteiger partial charge in [0.15, 0.2) is 0 Å². The molecule has 0 radical (unpaired) electrons. The fourth-order valence-electron chi connectivity index (χ4n) is 3.66. The maximum absolute atomic E-state index is 12.0. The van der Waals surface area contributed by atoms with Gasteiger partial charge in [0, 0.05) is 5.92 Å². The van der Waals surface area contributed by atoms with E-state index in [0.717, 1.165) is 63.4 Å². The molecule has 0 aliphatic heterocycles. The fraction of sp³-hybridized carbons (Fsp3) is 0.667. The average molecular weight is 391 g/mol. The molecule has 2 N–H and O–H groups in total. The zero-order valence-corrected chi connectivity index (χ0v) is 18.0. The molecular formula is C24H38O4. The number of hydrogen-bond acceptors (Lipinski definition) is 3. The molecule has 0 aromatic heterocycles. The number of aliphatic hydroxyl groups excluding tert-OH is 1. The third-order valence-electron chi connectivity index (χ3n) is 5.90. The summed E-state index contributed by atoms with van der Waals surface area (Å²) in [5.41, 5.74) is 1.33. The van der Waals surface area contributed by atoms with Gasteiger partial charge in [-0.2, -0.15) is 0 Å². The molecule has 1 aromatic carbocycles. The van der Waals surface area contributed by atoms with Crippen molar-refractivity contribution in [2.45, 2.75) is 91.6 Å². The summed E-state index contributed by atoms with van der Waals surface area (Å²) in [7, 11) is 0. The first-order valence-corrected chi connectivity index (χ1v) is 10.7. The maximum atomic E-state index is 12.0. The number of unbranched alkanes of at least 4 members (excludes halogenated alkanes) is 1. The number of ketones is 1. The van der Waals surface area contributed by atoms with Crippen LogP contribution in [0.25, 0.3) is 0 Å². The van der Waals surface area contributed by atoms with Crippen LogP contribution in [0.15, 0.2) is 24.3 Å². The molecule has 4 heteroatoms. The molecule has 158 valence electrons. The Morgan fingerprint density at radius 2 is 1.61 bits per heavy atom. The number of benzene rings is 1. The molecule has 0 saturated carbocycles. The molecule has 0 fully saturated rings. The van der Waals surface area contributed by atoms with Gasteiger partial charge in [0.1, 0.15) is 5.78 Å². The number of carbonyl (C=O) groups is 2. The van der Waals surface area contributed by atoms with E-state index in [4.69, 9.17) is 5.11 Å². The summed E-state index contributed by atoms with van der Waals surface area (Å²) >= 11 is 0. The van der Waals surface area contributed by atoms with Gasteiger partial charge in [0.2, 0.25) is 0 Å².